The monoisotopic (exact) mass is 176 g/mol. The first-order chi connectivity index (χ1) is 6.42. The highest BCUT2D eigenvalue weighted by molar-refractivity contribution is 5.53. The van der Waals surface area contributed by atoms with E-state index in [0.29, 0.717) is 0 Å². The molecule has 2 heteroatoms. The number of aryl methyl sites for hydroxylation is 1. The van der Waals surface area contributed by atoms with Crippen molar-refractivity contribution < 1.29 is 0 Å². The minimum atomic E-state index is 0.996. The highest BCUT2D eigenvalue weighted by Crippen LogP contribution is 2.25. The molecule has 0 saturated carbocycles. The van der Waals surface area contributed by atoms with Crippen LogP contribution in [0, 0.1) is 0 Å². The molecule has 0 atom stereocenters. The van der Waals surface area contributed by atoms with Crippen LogP contribution in [0.1, 0.15) is 31.0 Å². The minimum Gasteiger partial charge on any atom is -0.385 e. The second kappa shape index (κ2) is 3.77. The van der Waals surface area contributed by atoms with Crippen molar-refractivity contribution in [1.82, 2.24) is 4.98 Å². The fourth-order valence-electron chi connectivity index (χ4n) is 1.98. The first kappa shape index (κ1) is 8.54. The lowest BCUT2D eigenvalue weighted by Crippen LogP contribution is -2.09. The number of nitrogens with zero attached hydrogens (tertiary/aromatic N) is 1. The summed E-state index contributed by atoms with van der Waals surface area (Å²) in [5.41, 5.74) is 4.06. The van der Waals surface area contributed by atoms with Gasteiger partial charge >= 0.3 is 0 Å². The van der Waals surface area contributed by atoms with Crippen molar-refractivity contribution >= 4 is 5.69 Å². The fourth-order valence-corrected chi connectivity index (χ4v) is 1.98. The lowest BCUT2D eigenvalue weighted by atomic mass is 9.95. The molecule has 0 aliphatic heterocycles. The zero-order valence-corrected chi connectivity index (χ0v) is 8.14. The predicted molar refractivity (Wildman–Crippen MR) is 55.0 cm³/mol. The maximum atomic E-state index is 4.42. The van der Waals surface area contributed by atoms with Crippen LogP contribution in [0.4, 0.5) is 5.69 Å². The van der Waals surface area contributed by atoms with Crippen molar-refractivity contribution in [3.05, 3.63) is 23.5 Å². The summed E-state index contributed by atoms with van der Waals surface area (Å²) in [6, 6.07) is 2.09. The molecule has 1 aromatic rings. The standard InChI is InChI=1S/C11H16N2/c1-2-12-11-7-8-13-10-6-4-3-5-9(10)11/h7-8H,2-6H2,1H3,(H,12,13). The molecule has 1 aliphatic carbocycles. The lowest BCUT2D eigenvalue weighted by molar-refractivity contribution is 0.669. The van der Waals surface area contributed by atoms with E-state index in [1.165, 1.54) is 36.2 Å². The summed E-state index contributed by atoms with van der Waals surface area (Å²) >= 11 is 0. The molecular formula is C11H16N2. The second-order valence-electron chi connectivity index (χ2n) is 3.52. The summed E-state index contributed by atoms with van der Waals surface area (Å²) in [4.78, 5) is 4.42. The van der Waals surface area contributed by atoms with E-state index in [0.717, 1.165) is 13.0 Å². The topological polar surface area (TPSA) is 24.9 Å². The van der Waals surface area contributed by atoms with Gasteiger partial charge in [-0.25, -0.2) is 0 Å². The minimum absolute atomic E-state index is 0.996. The van der Waals surface area contributed by atoms with E-state index < -0.39 is 0 Å². The van der Waals surface area contributed by atoms with Gasteiger partial charge in [0, 0.05) is 24.1 Å². The van der Waals surface area contributed by atoms with Gasteiger partial charge in [-0.05, 0) is 44.2 Å². The van der Waals surface area contributed by atoms with Crippen LogP contribution < -0.4 is 5.32 Å². The van der Waals surface area contributed by atoms with Gasteiger partial charge in [0.2, 0.25) is 0 Å². The molecule has 1 N–H and O–H groups in total. The summed E-state index contributed by atoms with van der Waals surface area (Å²) in [5.74, 6) is 0. The average molecular weight is 176 g/mol. The molecule has 0 amide bonds. The Kier molecular flexibility index (Phi) is 2.48. The normalized spacial score (nSPS) is 15.2. The molecule has 0 bridgehead atoms. The summed E-state index contributed by atoms with van der Waals surface area (Å²) in [6.45, 7) is 3.13. The predicted octanol–water partition coefficient (Wildman–Crippen LogP) is 2.39. The van der Waals surface area contributed by atoms with Crippen LogP contribution in [-0.2, 0) is 12.8 Å². The molecule has 1 aromatic heterocycles. The number of anilines is 1. The Morgan fingerprint density at radius 3 is 3.08 bits per heavy atom. The number of fused-ring (bicyclic) bond motifs is 1. The lowest BCUT2D eigenvalue weighted by Gasteiger charge is -2.18. The molecule has 0 spiro atoms. The first-order valence-electron chi connectivity index (χ1n) is 5.12. The van der Waals surface area contributed by atoms with Gasteiger partial charge in [0.05, 0.1) is 0 Å². The number of nitrogens with one attached hydrogen (secondary N) is 1. The molecule has 0 fully saturated rings. The number of hydrogen-bond acceptors (Lipinski definition) is 2. The average Bonchev–Trinajstić information content (AvgIpc) is 2.19. The zero-order chi connectivity index (χ0) is 9.10. The molecule has 0 saturated heterocycles. The van der Waals surface area contributed by atoms with E-state index in [1.54, 1.807) is 0 Å². The van der Waals surface area contributed by atoms with Gasteiger partial charge < -0.3 is 5.32 Å². The van der Waals surface area contributed by atoms with E-state index in [-0.39, 0.29) is 0 Å². The maximum absolute atomic E-state index is 4.42. The molecule has 2 rings (SSSR count). The Morgan fingerprint density at radius 1 is 1.38 bits per heavy atom. The molecule has 1 aliphatic rings. The van der Waals surface area contributed by atoms with E-state index in [1.807, 2.05) is 6.20 Å². The summed E-state index contributed by atoms with van der Waals surface area (Å²) in [6.07, 6.45) is 6.90. The van der Waals surface area contributed by atoms with Gasteiger partial charge in [0.25, 0.3) is 0 Å². The Balaban J connectivity index is 2.34. The van der Waals surface area contributed by atoms with Gasteiger partial charge in [-0.2, -0.15) is 0 Å². The molecule has 70 valence electrons. The third-order valence-electron chi connectivity index (χ3n) is 2.60. The Labute approximate surface area is 79.4 Å². The highest BCUT2D eigenvalue weighted by atomic mass is 14.9. The summed E-state index contributed by atoms with van der Waals surface area (Å²) in [7, 11) is 0. The highest BCUT2D eigenvalue weighted by Gasteiger charge is 2.13. The molecule has 0 unspecified atom stereocenters. The Morgan fingerprint density at radius 2 is 2.23 bits per heavy atom. The van der Waals surface area contributed by atoms with E-state index >= 15 is 0 Å². The van der Waals surface area contributed by atoms with Crippen molar-refractivity contribution in [3.8, 4) is 0 Å². The van der Waals surface area contributed by atoms with Gasteiger partial charge in [-0.15, -0.1) is 0 Å². The first-order valence-corrected chi connectivity index (χ1v) is 5.12. The molecule has 13 heavy (non-hydrogen) atoms. The second-order valence-corrected chi connectivity index (χ2v) is 3.52. The fraction of sp³-hybridized carbons (Fsp3) is 0.545. The SMILES string of the molecule is CCNc1ccnc2c1CCCC2. The van der Waals surface area contributed by atoms with E-state index in [4.69, 9.17) is 0 Å². The van der Waals surface area contributed by atoms with Crippen molar-refractivity contribution in [2.24, 2.45) is 0 Å². The van der Waals surface area contributed by atoms with Crippen molar-refractivity contribution in [2.75, 3.05) is 11.9 Å². The zero-order valence-electron chi connectivity index (χ0n) is 8.14. The number of pyridine rings is 1. The summed E-state index contributed by atoms with van der Waals surface area (Å²) < 4.78 is 0. The molecule has 2 nitrogen and oxygen atoms in total. The van der Waals surface area contributed by atoms with Gasteiger partial charge in [-0.3, -0.25) is 4.98 Å². The Bertz CT molecular complexity index is 294. The van der Waals surface area contributed by atoms with Crippen LogP contribution >= 0.6 is 0 Å². The molecule has 0 aromatic carbocycles. The molecule has 0 radical (unpaired) electrons. The van der Waals surface area contributed by atoms with Gasteiger partial charge in [-0.1, -0.05) is 0 Å². The third kappa shape index (κ3) is 1.67. The van der Waals surface area contributed by atoms with E-state index in [9.17, 15) is 0 Å². The van der Waals surface area contributed by atoms with Crippen LogP contribution in [0.25, 0.3) is 0 Å². The number of hydrogen-bond donors (Lipinski definition) is 1. The maximum Gasteiger partial charge on any atom is 0.0456 e. The van der Waals surface area contributed by atoms with Crippen molar-refractivity contribution in [3.63, 3.8) is 0 Å². The van der Waals surface area contributed by atoms with Crippen LogP contribution in [0.15, 0.2) is 12.3 Å². The summed E-state index contributed by atoms with van der Waals surface area (Å²) in [5, 5.41) is 3.40. The third-order valence-corrected chi connectivity index (χ3v) is 2.60. The molecular weight excluding hydrogens is 160 g/mol. The van der Waals surface area contributed by atoms with E-state index in [2.05, 4.69) is 23.3 Å². The molecule has 1 heterocycles. The van der Waals surface area contributed by atoms with Gasteiger partial charge in [0.1, 0.15) is 0 Å². The largest absolute Gasteiger partial charge is 0.385 e. The smallest absolute Gasteiger partial charge is 0.0456 e. The van der Waals surface area contributed by atoms with Crippen molar-refractivity contribution in [2.45, 2.75) is 32.6 Å². The van der Waals surface area contributed by atoms with Crippen LogP contribution in [-0.4, -0.2) is 11.5 Å². The number of aromatic nitrogens is 1. The van der Waals surface area contributed by atoms with Crippen molar-refractivity contribution in [1.29, 1.82) is 0 Å². The quantitative estimate of drug-likeness (QED) is 0.748. The Hall–Kier alpha value is -1.05. The van der Waals surface area contributed by atoms with Crippen LogP contribution in [0.5, 0.6) is 0 Å². The van der Waals surface area contributed by atoms with Gasteiger partial charge in [0.15, 0.2) is 0 Å². The number of rotatable bonds is 2. The van der Waals surface area contributed by atoms with Crippen LogP contribution in [0.3, 0.4) is 0 Å². The van der Waals surface area contributed by atoms with Crippen LogP contribution in [0.2, 0.25) is 0 Å².